The van der Waals surface area contributed by atoms with Crippen molar-refractivity contribution in [2.75, 3.05) is 5.32 Å². The van der Waals surface area contributed by atoms with Crippen molar-refractivity contribution in [2.45, 2.75) is 45.6 Å². The summed E-state index contributed by atoms with van der Waals surface area (Å²) < 4.78 is 0. The average molecular weight is 273 g/mol. The predicted octanol–water partition coefficient (Wildman–Crippen LogP) is 2.80. The van der Waals surface area contributed by atoms with Gasteiger partial charge < -0.3 is 11.1 Å². The molecule has 3 N–H and O–H groups in total. The Morgan fingerprint density at radius 2 is 1.95 bits per heavy atom. The molecule has 0 saturated heterocycles. The number of benzene rings is 1. The minimum Gasteiger partial charge on any atom is -0.325 e. The number of nitrogens with one attached hydrogen (secondary N) is 1. The number of carbonyl (C=O) groups is 1. The molecule has 1 amide bonds. The van der Waals surface area contributed by atoms with Gasteiger partial charge in [0.2, 0.25) is 5.91 Å². The highest BCUT2D eigenvalue weighted by molar-refractivity contribution is 5.94. The number of rotatable bonds is 5. The van der Waals surface area contributed by atoms with E-state index in [0.29, 0.717) is 5.69 Å². The van der Waals surface area contributed by atoms with Crippen LogP contribution < -0.4 is 11.1 Å². The quantitative estimate of drug-likeness (QED) is 0.865. The van der Waals surface area contributed by atoms with E-state index in [2.05, 4.69) is 11.4 Å². The zero-order chi connectivity index (χ0) is 15.3. The van der Waals surface area contributed by atoms with E-state index in [9.17, 15) is 4.79 Å². The van der Waals surface area contributed by atoms with Crippen molar-refractivity contribution in [3.63, 3.8) is 0 Å². The highest BCUT2D eigenvalue weighted by Crippen LogP contribution is 2.23. The van der Waals surface area contributed by atoms with Gasteiger partial charge in [0.25, 0.3) is 0 Å². The van der Waals surface area contributed by atoms with Gasteiger partial charge in [0, 0.05) is 5.69 Å². The fraction of sp³-hybridized carbons (Fsp3) is 0.500. The summed E-state index contributed by atoms with van der Waals surface area (Å²) in [5, 5.41) is 11.9. The third-order valence-corrected chi connectivity index (χ3v) is 3.71. The Balaban J connectivity index is 2.76. The highest BCUT2D eigenvalue weighted by Gasteiger charge is 2.21. The van der Waals surface area contributed by atoms with Crippen molar-refractivity contribution < 1.29 is 4.79 Å². The van der Waals surface area contributed by atoms with Gasteiger partial charge in [-0.15, -0.1) is 0 Å². The van der Waals surface area contributed by atoms with Gasteiger partial charge in [0.15, 0.2) is 0 Å². The normalized spacial score (nSPS) is 14.2. The molecule has 0 radical (unpaired) electrons. The van der Waals surface area contributed by atoms with E-state index in [1.54, 1.807) is 12.1 Å². The molecule has 108 valence electrons. The lowest BCUT2D eigenvalue weighted by Gasteiger charge is -2.19. The first-order valence-electron chi connectivity index (χ1n) is 6.90. The van der Waals surface area contributed by atoms with Crippen LogP contribution in [0.3, 0.4) is 0 Å². The number of nitriles is 1. The van der Waals surface area contributed by atoms with Crippen LogP contribution in [0.5, 0.6) is 0 Å². The summed E-state index contributed by atoms with van der Waals surface area (Å²) in [4.78, 5) is 12.0. The van der Waals surface area contributed by atoms with Crippen LogP contribution in [-0.4, -0.2) is 11.9 Å². The molecule has 2 atom stereocenters. The Labute approximate surface area is 121 Å². The van der Waals surface area contributed by atoms with Crippen LogP contribution in [0, 0.1) is 17.2 Å². The maximum atomic E-state index is 12.0. The lowest BCUT2D eigenvalue weighted by atomic mass is 9.86. The Kier molecular flexibility index (Phi) is 5.29. The highest BCUT2D eigenvalue weighted by atomic mass is 16.2. The van der Waals surface area contributed by atoms with Gasteiger partial charge in [0.05, 0.1) is 17.5 Å². The van der Waals surface area contributed by atoms with E-state index >= 15 is 0 Å². The predicted molar refractivity (Wildman–Crippen MR) is 81.1 cm³/mol. The van der Waals surface area contributed by atoms with Crippen LogP contribution in [0.2, 0.25) is 0 Å². The minimum absolute atomic E-state index is 0.145. The maximum absolute atomic E-state index is 12.0. The van der Waals surface area contributed by atoms with Crippen molar-refractivity contribution >= 4 is 11.6 Å². The molecular formula is C16H23N3O. The Morgan fingerprint density at radius 3 is 2.40 bits per heavy atom. The number of anilines is 1. The number of carbonyl (C=O) groups excluding carboxylic acids is 1. The molecular weight excluding hydrogens is 250 g/mol. The third kappa shape index (κ3) is 3.82. The summed E-state index contributed by atoms with van der Waals surface area (Å²) in [7, 11) is 0. The number of nitrogens with two attached hydrogens (primary N) is 1. The van der Waals surface area contributed by atoms with Crippen molar-refractivity contribution in [2.24, 2.45) is 11.7 Å². The minimum atomic E-state index is -0.532. The largest absolute Gasteiger partial charge is 0.325 e. The van der Waals surface area contributed by atoms with Crippen LogP contribution in [0.15, 0.2) is 24.3 Å². The first-order valence-corrected chi connectivity index (χ1v) is 6.90. The molecule has 0 aromatic heterocycles. The second kappa shape index (κ2) is 6.53. The lowest BCUT2D eigenvalue weighted by molar-refractivity contribution is -0.118. The number of nitrogens with zero attached hydrogens (tertiary/aromatic N) is 1. The van der Waals surface area contributed by atoms with Crippen molar-refractivity contribution in [3.05, 3.63) is 29.8 Å². The topological polar surface area (TPSA) is 78.9 Å². The number of amides is 1. The van der Waals surface area contributed by atoms with Gasteiger partial charge >= 0.3 is 0 Å². The number of hydrogen-bond acceptors (Lipinski definition) is 3. The molecule has 0 aliphatic rings. The van der Waals surface area contributed by atoms with E-state index in [0.717, 1.165) is 12.0 Å². The molecule has 1 rings (SSSR count). The van der Waals surface area contributed by atoms with Crippen molar-refractivity contribution in [1.29, 1.82) is 5.26 Å². The first kappa shape index (κ1) is 16.2. The van der Waals surface area contributed by atoms with Gasteiger partial charge in [-0.1, -0.05) is 32.4 Å². The van der Waals surface area contributed by atoms with Gasteiger partial charge in [-0.2, -0.15) is 5.26 Å². The van der Waals surface area contributed by atoms with Gasteiger partial charge in [-0.05, 0) is 37.5 Å². The molecule has 0 fully saturated rings. The standard InChI is InChI=1S/C16H23N3O/c1-5-11(2)14(18)15(20)19-13-8-6-12(7-9-13)16(3,4)10-17/h6-9,11,14H,5,18H2,1-4H3,(H,19,20). The molecule has 4 heteroatoms. The second-order valence-corrected chi connectivity index (χ2v) is 5.71. The monoisotopic (exact) mass is 273 g/mol. The van der Waals surface area contributed by atoms with Crippen molar-refractivity contribution in [3.8, 4) is 6.07 Å². The van der Waals surface area contributed by atoms with Gasteiger partial charge in [0.1, 0.15) is 0 Å². The molecule has 0 bridgehead atoms. The van der Waals surface area contributed by atoms with E-state index in [-0.39, 0.29) is 11.8 Å². The summed E-state index contributed by atoms with van der Waals surface area (Å²) in [6.07, 6.45) is 0.865. The van der Waals surface area contributed by atoms with Crippen molar-refractivity contribution in [1.82, 2.24) is 0 Å². The van der Waals surface area contributed by atoms with Crippen LogP contribution in [0.1, 0.15) is 39.7 Å². The summed E-state index contributed by atoms with van der Waals surface area (Å²) >= 11 is 0. The molecule has 2 unspecified atom stereocenters. The van der Waals surface area contributed by atoms with Crippen LogP contribution in [-0.2, 0) is 10.2 Å². The molecule has 4 nitrogen and oxygen atoms in total. The fourth-order valence-electron chi connectivity index (χ4n) is 1.77. The molecule has 1 aromatic rings. The van der Waals surface area contributed by atoms with E-state index in [1.807, 2.05) is 39.8 Å². The summed E-state index contributed by atoms with van der Waals surface area (Å²) in [5.74, 6) is -0.0292. The molecule has 1 aromatic carbocycles. The molecule has 0 saturated carbocycles. The third-order valence-electron chi connectivity index (χ3n) is 3.71. The lowest BCUT2D eigenvalue weighted by Crippen LogP contribution is -2.40. The summed E-state index contributed by atoms with van der Waals surface area (Å²) in [6, 6.07) is 9.06. The number of hydrogen-bond donors (Lipinski definition) is 2. The van der Waals surface area contributed by atoms with Crippen LogP contribution in [0.4, 0.5) is 5.69 Å². The Bertz CT molecular complexity index is 499. The van der Waals surface area contributed by atoms with E-state index in [1.165, 1.54) is 0 Å². The van der Waals surface area contributed by atoms with Gasteiger partial charge in [-0.3, -0.25) is 4.79 Å². The molecule has 20 heavy (non-hydrogen) atoms. The van der Waals surface area contributed by atoms with Crippen LogP contribution in [0.25, 0.3) is 0 Å². The summed E-state index contributed by atoms with van der Waals surface area (Å²) in [6.45, 7) is 7.69. The smallest absolute Gasteiger partial charge is 0.241 e. The zero-order valence-electron chi connectivity index (χ0n) is 12.6. The molecule has 0 aliphatic heterocycles. The average Bonchev–Trinajstić information content (AvgIpc) is 2.46. The van der Waals surface area contributed by atoms with Gasteiger partial charge in [-0.25, -0.2) is 0 Å². The van der Waals surface area contributed by atoms with Crippen LogP contribution >= 0.6 is 0 Å². The maximum Gasteiger partial charge on any atom is 0.241 e. The zero-order valence-corrected chi connectivity index (χ0v) is 12.6. The first-order chi connectivity index (χ1) is 9.31. The molecule has 0 aliphatic carbocycles. The molecule has 0 heterocycles. The Hall–Kier alpha value is -1.86. The Morgan fingerprint density at radius 1 is 1.40 bits per heavy atom. The SMILES string of the molecule is CCC(C)C(N)C(=O)Nc1ccc(C(C)(C)C#N)cc1. The molecule has 0 spiro atoms. The second-order valence-electron chi connectivity index (χ2n) is 5.71. The van der Waals surface area contributed by atoms with E-state index < -0.39 is 11.5 Å². The van der Waals surface area contributed by atoms with E-state index in [4.69, 9.17) is 11.0 Å². The summed E-state index contributed by atoms with van der Waals surface area (Å²) in [5.41, 5.74) is 6.97. The fourth-order valence-corrected chi connectivity index (χ4v) is 1.77.